The number of hydrogen-bond acceptors (Lipinski definition) is 6. The Balaban J connectivity index is 1.70. The first kappa shape index (κ1) is 20.2. The first-order chi connectivity index (χ1) is 13.4. The first-order valence-corrected chi connectivity index (χ1v) is 9.61. The van der Waals surface area contributed by atoms with Gasteiger partial charge in [0.25, 0.3) is 5.91 Å². The van der Waals surface area contributed by atoms with Crippen LogP contribution in [0, 0.1) is 17.5 Å². The number of nitrogens with zero attached hydrogens (tertiary/aromatic N) is 3. The van der Waals surface area contributed by atoms with Crippen molar-refractivity contribution in [1.29, 1.82) is 0 Å². The van der Waals surface area contributed by atoms with E-state index in [0.29, 0.717) is 28.0 Å². The third kappa shape index (κ3) is 4.46. The number of anilines is 1. The molecule has 0 unspecified atom stereocenters. The van der Waals surface area contributed by atoms with Crippen molar-refractivity contribution >= 4 is 46.2 Å². The number of aromatic nitrogens is 4. The van der Waals surface area contributed by atoms with E-state index in [1.807, 2.05) is 6.92 Å². The molecule has 3 rings (SSSR count). The number of rotatable bonds is 7. The predicted octanol–water partition coefficient (Wildman–Crippen LogP) is 4.37. The Hall–Kier alpha value is -2.56. The van der Waals surface area contributed by atoms with Crippen LogP contribution in [0.4, 0.5) is 9.52 Å². The molecule has 0 spiro atoms. The summed E-state index contributed by atoms with van der Waals surface area (Å²) in [6.45, 7) is 5.72. The maximum absolute atomic E-state index is 13.0. The SMILES string of the molecule is C=CCn1c(-c2sc(NC(=O)COc3ccc(F)cc3Cl)nc2C)n[nH]c1=S. The van der Waals surface area contributed by atoms with Crippen molar-refractivity contribution in [2.75, 3.05) is 11.9 Å². The minimum Gasteiger partial charge on any atom is -0.482 e. The molecule has 0 fully saturated rings. The number of thiazole rings is 1. The number of carbonyl (C=O) groups is 1. The minimum atomic E-state index is -0.484. The van der Waals surface area contributed by atoms with E-state index in [4.69, 9.17) is 28.6 Å². The maximum atomic E-state index is 13.0. The third-order valence-electron chi connectivity index (χ3n) is 3.57. The van der Waals surface area contributed by atoms with Gasteiger partial charge < -0.3 is 4.74 Å². The normalized spacial score (nSPS) is 10.7. The second kappa shape index (κ2) is 8.63. The average Bonchev–Trinajstić information content (AvgIpc) is 3.17. The highest BCUT2D eigenvalue weighted by Gasteiger charge is 2.17. The van der Waals surface area contributed by atoms with Crippen LogP contribution in [0.5, 0.6) is 5.75 Å². The van der Waals surface area contributed by atoms with Crippen molar-refractivity contribution in [3.8, 4) is 16.5 Å². The molecule has 0 aliphatic rings. The molecule has 2 aromatic heterocycles. The fraction of sp³-hybridized carbons (Fsp3) is 0.176. The molecular weight excluding hydrogens is 425 g/mol. The molecule has 0 saturated heterocycles. The van der Waals surface area contributed by atoms with Crippen LogP contribution in [0.2, 0.25) is 5.02 Å². The molecule has 0 aliphatic heterocycles. The van der Waals surface area contributed by atoms with Gasteiger partial charge in [0.2, 0.25) is 0 Å². The highest BCUT2D eigenvalue weighted by molar-refractivity contribution is 7.71. The fourth-order valence-corrected chi connectivity index (χ4v) is 3.75. The van der Waals surface area contributed by atoms with Crippen molar-refractivity contribution in [1.82, 2.24) is 19.7 Å². The van der Waals surface area contributed by atoms with Gasteiger partial charge in [0.05, 0.1) is 15.6 Å². The fourth-order valence-electron chi connectivity index (χ4n) is 2.34. The van der Waals surface area contributed by atoms with Crippen LogP contribution in [0.15, 0.2) is 30.9 Å². The van der Waals surface area contributed by atoms with Crippen LogP contribution in [-0.4, -0.2) is 32.3 Å². The summed E-state index contributed by atoms with van der Waals surface area (Å²) in [5.41, 5.74) is 0.696. The van der Waals surface area contributed by atoms with E-state index < -0.39 is 11.7 Å². The summed E-state index contributed by atoms with van der Waals surface area (Å²) >= 11 is 12.4. The molecule has 3 aromatic rings. The Labute approximate surface area is 173 Å². The van der Waals surface area contributed by atoms with Crippen molar-refractivity contribution in [3.63, 3.8) is 0 Å². The third-order valence-corrected chi connectivity index (χ3v) is 5.24. The van der Waals surface area contributed by atoms with E-state index in [0.717, 1.165) is 10.9 Å². The van der Waals surface area contributed by atoms with Gasteiger partial charge in [0.15, 0.2) is 22.3 Å². The second-order valence-corrected chi connectivity index (χ2v) is 7.39. The van der Waals surface area contributed by atoms with Gasteiger partial charge in [-0.15, -0.1) is 6.58 Å². The van der Waals surface area contributed by atoms with Crippen LogP contribution in [0.25, 0.3) is 10.7 Å². The Kier molecular flexibility index (Phi) is 6.22. The molecule has 1 amide bonds. The monoisotopic (exact) mass is 439 g/mol. The van der Waals surface area contributed by atoms with Crippen molar-refractivity contribution in [2.24, 2.45) is 0 Å². The summed E-state index contributed by atoms with van der Waals surface area (Å²) in [5, 5.41) is 10.1. The molecule has 11 heteroatoms. The number of H-pyrrole nitrogens is 1. The quantitative estimate of drug-likeness (QED) is 0.422. The summed E-state index contributed by atoms with van der Waals surface area (Å²) in [6, 6.07) is 3.67. The number of halogens is 2. The Morgan fingerprint density at radius 2 is 2.36 bits per heavy atom. The number of amides is 1. The van der Waals surface area contributed by atoms with Crippen LogP contribution in [0.3, 0.4) is 0 Å². The molecule has 0 saturated carbocycles. The minimum absolute atomic E-state index is 0.0882. The first-order valence-electron chi connectivity index (χ1n) is 8.00. The van der Waals surface area contributed by atoms with Crippen LogP contribution in [0.1, 0.15) is 5.69 Å². The summed E-state index contributed by atoms with van der Waals surface area (Å²) in [5.74, 6) is -0.0727. The van der Waals surface area contributed by atoms with E-state index in [9.17, 15) is 9.18 Å². The van der Waals surface area contributed by atoms with Gasteiger partial charge in [0.1, 0.15) is 11.6 Å². The topological polar surface area (TPSA) is 84.8 Å². The van der Waals surface area contributed by atoms with E-state index in [-0.39, 0.29) is 17.4 Å². The van der Waals surface area contributed by atoms with Gasteiger partial charge in [-0.25, -0.2) is 9.37 Å². The summed E-state index contributed by atoms with van der Waals surface area (Å²) < 4.78 is 20.6. The lowest BCUT2D eigenvalue weighted by atomic mass is 10.3. The molecule has 7 nitrogen and oxygen atoms in total. The highest BCUT2D eigenvalue weighted by atomic mass is 35.5. The number of hydrogen-bond donors (Lipinski definition) is 2. The van der Waals surface area contributed by atoms with E-state index >= 15 is 0 Å². The number of carbonyl (C=O) groups excluding carboxylic acids is 1. The lowest BCUT2D eigenvalue weighted by molar-refractivity contribution is -0.118. The molecule has 0 atom stereocenters. The number of aryl methyl sites for hydroxylation is 1. The zero-order chi connectivity index (χ0) is 20.3. The molecule has 0 radical (unpaired) electrons. The number of benzene rings is 1. The summed E-state index contributed by atoms with van der Waals surface area (Å²) in [6.07, 6.45) is 1.71. The Morgan fingerprint density at radius 3 is 3.07 bits per heavy atom. The number of allylic oxidation sites excluding steroid dienone is 1. The zero-order valence-electron chi connectivity index (χ0n) is 14.7. The van der Waals surface area contributed by atoms with Gasteiger partial charge in [-0.3, -0.25) is 19.8 Å². The maximum Gasteiger partial charge on any atom is 0.264 e. The molecule has 28 heavy (non-hydrogen) atoms. The largest absolute Gasteiger partial charge is 0.482 e. The summed E-state index contributed by atoms with van der Waals surface area (Å²) in [4.78, 5) is 17.3. The van der Waals surface area contributed by atoms with Gasteiger partial charge in [-0.05, 0) is 37.3 Å². The standard InChI is InChI=1S/C17H15ClFN5O2S2/c1-3-6-24-15(22-23-17(24)27)14-9(2)20-16(28-14)21-13(25)8-26-12-5-4-10(19)7-11(12)18/h3-5,7H,1,6,8H2,2H3,(H,23,27)(H,20,21,25). The van der Waals surface area contributed by atoms with Crippen LogP contribution >= 0.6 is 35.2 Å². The molecular formula is C17H15ClFN5O2S2. The van der Waals surface area contributed by atoms with Crippen molar-refractivity contribution < 1.29 is 13.9 Å². The zero-order valence-corrected chi connectivity index (χ0v) is 17.1. The second-order valence-electron chi connectivity index (χ2n) is 5.60. The lowest BCUT2D eigenvalue weighted by Crippen LogP contribution is -2.20. The van der Waals surface area contributed by atoms with Gasteiger partial charge in [-0.2, -0.15) is 5.10 Å². The van der Waals surface area contributed by atoms with Crippen molar-refractivity contribution in [3.05, 3.63) is 52.2 Å². The number of ether oxygens (including phenoxy) is 1. The van der Waals surface area contributed by atoms with Gasteiger partial charge >= 0.3 is 0 Å². The molecule has 1 aromatic carbocycles. The number of aromatic amines is 1. The van der Waals surface area contributed by atoms with Crippen LogP contribution < -0.4 is 10.1 Å². The number of nitrogens with one attached hydrogen (secondary N) is 2. The molecule has 146 valence electrons. The Morgan fingerprint density at radius 1 is 1.57 bits per heavy atom. The molecule has 2 heterocycles. The highest BCUT2D eigenvalue weighted by Crippen LogP contribution is 2.31. The van der Waals surface area contributed by atoms with Crippen LogP contribution in [-0.2, 0) is 11.3 Å². The molecule has 0 bridgehead atoms. The average molecular weight is 440 g/mol. The molecule has 0 aliphatic carbocycles. The van der Waals surface area contributed by atoms with E-state index in [1.165, 1.54) is 23.5 Å². The molecule has 2 N–H and O–H groups in total. The van der Waals surface area contributed by atoms with E-state index in [2.05, 4.69) is 27.1 Å². The summed E-state index contributed by atoms with van der Waals surface area (Å²) in [7, 11) is 0. The lowest BCUT2D eigenvalue weighted by Gasteiger charge is -2.07. The smallest absolute Gasteiger partial charge is 0.264 e. The van der Waals surface area contributed by atoms with E-state index in [1.54, 1.807) is 10.6 Å². The van der Waals surface area contributed by atoms with Gasteiger partial charge in [0, 0.05) is 6.54 Å². The van der Waals surface area contributed by atoms with Crippen molar-refractivity contribution in [2.45, 2.75) is 13.5 Å². The Bertz CT molecular complexity index is 1090. The predicted molar refractivity (Wildman–Crippen MR) is 109 cm³/mol. The van der Waals surface area contributed by atoms with Gasteiger partial charge in [-0.1, -0.05) is 29.0 Å².